The maximum absolute atomic E-state index is 11.5. The average molecular weight is 213 g/mol. The van der Waals surface area contributed by atoms with Crippen LogP contribution in [0.25, 0.3) is 0 Å². The van der Waals surface area contributed by atoms with Crippen molar-refractivity contribution in [3.05, 3.63) is 34.3 Å². The summed E-state index contributed by atoms with van der Waals surface area (Å²) in [5.74, 6) is -0.299. The molecule has 0 bridgehead atoms. The fourth-order valence-corrected chi connectivity index (χ4v) is 1.63. The second-order valence-corrected chi connectivity index (χ2v) is 3.25. The smallest absolute Gasteiger partial charge is 0.338 e. The Morgan fingerprint density at radius 2 is 2.14 bits per heavy atom. The van der Waals surface area contributed by atoms with Gasteiger partial charge in [0.1, 0.15) is 0 Å². The molecule has 0 saturated carbocycles. The Balaban J connectivity index is 3.07. The van der Waals surface area contributed by atoms with Crippen LogP contribution >= 0.6 is 11.6 Å². The van der Waals surface area contributed by atoms with Crippen molar-refractivity contribution in [3.63, 3.8) is 0 Å². The molecule has 0 radical (unpaired) electrons. The van der Waals surface area contributed by atoms with Gasteiger partial charge in [-0.2, -0.15) is 0 Å². The minimum absolute atomic E-state index is 0.299. The first-order valence-corrected chi connectivity index (χ1v) is 5.03. The number of hydrogen-bond donors (Lipinski definition) is 0. The number of rotatable bonds is 3. The van der Waals surface area contributed by atoms with Crippen molar-refractivity contribution in [1.82, 2.24) is 0 Å². The molecular weight excluding hydrogens is 200 g/mol. The number of benzene rings is 1. The summed E-state index contributed by atoms with van der Waals surface area (Å²) in [4.78, 5) is 11.5. The number of esters is 1. The van der Waals surface area contributed by atoms with E-state index in [1.807, 2.05) is 6.92 Å². The lowest BCUT2D eigenvalue weighted by Crippen LogP contribution is -2.08. The second kappa shape index (κ2) is 5.01. The van der Waals surface area contributed by atoms with Crippen molar-refractivity contribution in [2.45, 2.75) is 20.3 Å². The Labute approximate surface area is 88.8 Å². The first kappa shape index (κ1) is 11.1. The van der Waals surface area contributed by atoms with Crippen molar-refractivity contribution in [2.24, 2.45) is 0 Å². The van der Waals surface area contributed by atoms with Crippen LogP contribution in [-0.4, -0.2) is 12.6 Å². The number of carbonyl (C=O) groups is 1. The van der Waals surface area contributed by atoms with Gasteiger partial charge in [-0.25, -0.2) is 4.79 Å². The highest BCUT2D eigenvalue weighted by Crippen LogP contribution is 2.21. The van der Waals surface area contributed by atoms with E-state index in [-0.39, 0.29) is 5.97 Å². The highest BCUT2D eigenvalue weighted by Gasteiger charge is 2.12. The molecule has 0 aliphatic rings. The van der Waals surface area contributed by atoms with E-state index in [1.165, 1.54) is 0 Å². The minimum atomic E-state index is -0.299. The molecule has 1 aromatic carbocycles. The summed E-state index contributed by atoms with van der Waals surface area (Å²) in [7, 11) is 0. The van der Waals surface area contributed by atoms with Gasteiger partial charge >= 0.3 is 5.97 Å². The molecule has 14 heavy (non-hydrogen) atoms. The Morgan fingerprint density at radius 3 is 2.71 bits per heavy atom. The van der Waals surface area contributed by atoms with E-state index in [0.717, 1.165) is 12.0 Å². The average Bonchev–Trinajstić information content (AvgIpc) is 2.17. The Morgan fingerprint density at radius 1 is 1.43 bits per heavy atom. The summed E-state index contributed by atoms with van der Waals surface area (Å²) in [6.45, 7) is 4.13. The second-order valence-electron chi connectivity index (χ2n) is 2.84. The Bertz CT molecular complexity index is 334. The Hall–Kier alpha value is -1.02. The van der Waals surface area contributed by atoms with Crippen molar-refractivity contribution >= 4 is 17.6 Å². The van der Waals surface area contributed by atoms with E-state index in [2.05, 4.69) is 0 Å². The van der Waals surface area contributed by atoms with Crippen LogP contribution in [0.3, 0.4) is 0 Å². The largest absolute Gasteiger partial charge is 0.462 e. The molecule has 0 spiro atoms. The van der Waals surface area contributed by atoms with Crippen molar-refractivity contribution < 1.29 is 9.53 Å². The van der Waals surface area contributed by atoms with Crippen LogP contribution in [0.4, 0.5) is 0 Å². The first-order valence-electron chi connectivity index (χ1n) is 4.65. The molecule has 2 nitrogen and oxygen atoms in total. The number of hydrogen-bond acceptors (Lipinski definition) is 2. The molecule has 0 atom stereocenters. The predicted molar refractivity (Wildman–Crippen MR) is 56.8 cm³/mol. The topological polar surface area (TPSA) is 26.3 Å². The maximum Gasteiger partial charge on any atom is 0.338 e. The fraction of sp³-hybridized carbons (Fsp3) is 0.364. The lowest BCUT2D eigenvalue weighted by atomic mass is 10.1. The first-order chi connectivity index (χ1) is 6.70. The van der Waals surface area contributed by atoms with Gasteiger partial charge in [-0.3, -0.25) is 0 Å². The summed E-state index contributed by atoms with van der Waals surface area (Å²) in [6.07, 6.45) is 0.730. The summed E-state index contributed by atoms with van der Waals surface area (Å²) in [6, 6.07) is 5.28. The predicted octanol–water partition coefficient (Wildman–Crippen LogP) is 3.08. The van der Waals surface area contributed by atoms with Crippen LogP contribution in [0, 0.1) is 0 Å². The zero-order valence-electron chi connectivity index (χ0n) is 8.34. The molecule has 1 aromatic rings. The highest BCUT2D eigenvalue weighted by molar-refractivity contribution is 6.31. The van der Waals surface area contributed by atoms with Crippen molar-refractivity contribution in [3.8, 4) is 0 Å². The normalized spacial score (nSPS) is 9.93. The summed E-state index contributed by atoms with van der Waals surface area (Å²) in [5.41, 5.74) is 1.43. The van der Waals surface area contributed by atoms with Crippen LogP contribution in [0.5, 0.6) is 0 Å². The fourth-order valence-electron chi connectivity index (χ4n) is 1.32. The molecule has 0 heterocycles. The Kier molecular flexibility index (Phi) is 3.96. The zero-order chi connectivity index (χ0) is 10.6. The molecule has 0 N–H and O–H groups in total. The van der Waals surface area contributed by atoms with E-state index >= 15 is 0 Å². The van der Waals surface area contributed by atoms with Crippen LogP contribution in [-0.2, 0) is 11.2 Å². The molecule has 0 amide bonds. The lowest BCUT2D eigenvalue weighted by molar-refractivity contribution is 0.0525. The molecule has 3 heteroatoms. The third-order valence-corrected chi connectivity index (χ3v) is 2.32. The lowest BCUT2D eigenvalue weighted by Gasteiger charge is -2.08. The SMILES string of the molecule is CCOC(=O)c1cccc(Cl)c1CC. The van der Waals surface area contributed by atoms with Gasteiger partial charge < -0.3 is 4.74 Å². The van der Waals surface area contributed by atoms with Crippen LogP contribution in [0.2, 0.25) is 5.02 Å². The zero-order valence-corrected chi connectivity index (χ0v) is 9.10. The van der Waals surface area contributed by atoms with E-state index < -0.39 is 0 Å². The molecule has 0 aliphatic carbocycles. The maximum atomic E-state index is 11.5. The number of ether oxygens (including phenoxy) is 1. The molecule has 0 aromatic heterocycles. The van der Waals surface area contributed by atoms with E-state index in [1.54, 1.807) is 25.1 Å². The molecule has 0 unspecified atom stereocenters. The third-order valence-electron chi connectivity index (χ3n) is 1.97. The van der Waals surface area contributed by atoms with E-state index in [0.29, 0.717) is 17.2 Å². The molecule has 0 fully saturated rings. The monoisotopic (exact) mass is 212 g/mol. The van der Waals surface area contributed by atoms with Gasteiger partial charge in [-0.15, -0.1) is 0 Å². The third kappa shape index (κ3) is 2.26. The molecule has 0 aliphatic heterocycles. The van der Waals surface area contributed by atoms with Gasteiger partial charge in [0.25, 0.3) is 0 Å². The summed E-state index contributed by atoms with van der Waals surface area (Å²) >= 11 is 5.97. The number of halogens is 1. The van der Waals surface area contributed by atoms with E-state index in [4.69, 9.17) is 16.3 Å². The van der Waals surface area contributed by atoms with E-state index in [9.17, 15) is 4.79 Å². The standard InChI is InChI=1S/C11H13ClO2/c1-3-8-9(11(13)14-4-2)6-5-7-10(8)12/h5-7H,3-4H2,1-2H3. The van der Waals surface area contributed by atoms with Gasteiger partial charge in [-0.05, 0) is 31.0 Å². The minimum Gasteiger partial charge on any atom is -0.462 e. The molecule has 1 rings (SSSR count). The number of carbonyl (C=O) groups excluding carboxylic acids is 1. The quantitative estimate of drug-likeness (QED) is 0.720. The van der Waals surface area contributed by atoms with Gasteiger partial charge in [-0.1, -0.05) is 24.6 Å². The van der Waals surface area contributed by atoms with Crippen LogP contribution in [0.15, 0.2) is 18.2 Å². The molecule has 76 valence electrons. The van der Waals surface area contributed by atoms with Crippen molar-refractivity contribution in [1.29, 1.82) is 0 Å². The van der Waals surface area contributed by atoms with Gasteiger partial charge in [0.15, 0.2) is 0 Å². The van der Waals surface area contributed by atoms with Crippen molar-refractivity contribution in [2.75, 3.05) is 6.61 Å². The van der Waals surface area contributed by atoms with Gasteiger partial charge in [0.2, 0.25) is 0 Å². The molecular formula is C11H13ClO2. The van der Waals surface area contributed by atoms with Crippen LogP contribution < -0.4 is 0 Å². The summed E-state index contributed by atoms with van der Waals surface area (Å²) < 4.78 is 4.93. The van der Waals surface area contributed by atoms with Gasteiger partial charge in [0.05, 0.1) is 12.2 Å². The summed E-state index contributed by atoms with van der Waals surface area (Å²) in [5, 5.41) is 0.623. The van der Waals surface area contributed by atoms with Crippen LogP contribution in [0.1, 0.15) is 29.8 Å². The highest BCUT2D eigenvalue weighted by atomic mass is 35.5. The van der Waals surface area contributed by atoms with Gasteiger partial charge in [0, 0.05) is 5.02 Å². The molecule has 0 saturated heterocycles.